The van der Waals surface area contributed by atoms with Gasteiger partial charge in [-0.1, -0.05) is 206 Å². The van der Waals surface area contributed by atoms with Gasteiger partial charge in [0.1, 0.15) is 60.2 Å². The fourth-order valence-electron chi connectivity index (χ4n) is 10.8. The average molecular weight is 1210 g/mol. The van der Waals surface area contributed by atoms with Crippen molar-refractivity contribution < 1.29 is 73.3 Å². The molecule has 2 aliphatic heterocycles. The largest absolute Gasteiger partial charge is 0.388 e. The Morgan fingerprint density at radius 3 is 0.941 bits per heavy atom. The van der Waals surface area contributed by atoms with Gasteiger partial charge in [0.2, 0.25) is 0 Å². The summed E-state index contributed by atoms with van der Waals surface area (Å²) in [6, 6.07) is 0. The number of ether oxygens (including phenoxy) is 9. The molecular formula is C64H120N6O15. The van der Waals surface area contributed by atoms with Crippen molar-refractivity contribution in [3.63, 3.8) is 0 Å². The number of hydrogen-bond acceptors (Lipinski definition) is 19. The van der Waals surface area contributed by atoms with E-state index in [2.05, 4.69) is 62.2 Å². The third kappa shape index (κ3) is 30.8. The van der Waals surface area contributed by atoms with Gasteiger partial charge in [0.25, 0.3) is 0 Å². The van der Waals surface area contributed by atoms with Crippen molar-refractivity contribution in [1.82, 2.24) is 30.0 Å². The highest BCUT2D eigenvalue weighted by Crippen LogP contribution is 2.30. The molecule has 6 N–H and O–H groups in total. The lowest BCUT2D eigenvalue weighted by atomic mass is 9.94. The van der Waals surface area contributed by atoms with Gasteiger partial charge in [0, 0.05) is 37.3 Å². The van der Waals surface area contributed by atoms with Crippen LogP contribution in [0.5, 0.6) is 0 Å². The van der Waals surface area contributed by atoms with Gasteiger partial charge < -0.3 is 73.3 Å². The van der Waals surface area contributed by atoms with Gasteiger partial charge in [-0.05, 0) is 25.7 Å². The number of hydrogen-bond donors (Lipinski definition) is 6. The molecule has 2 saturated heterocycles. The van der Waals surface area contributed by atoms with E-state index < -0.39 is 72.2 Å². The summed E-state index contributed by atoms with van der Waals surface area (Å²) in [6.45, 7) is 18.7. The molecule has 496 valence electrons. The Morgan fingerprint density at radius 1 is 0.376 bits per heavy atom. The summed E-state index contributed by atoms with van der Waals surface area (Å²) in [5.41, 5.74) is 0.256. The first-order valence-electron chi connectivity index (χ1n) is 33.5. The predicted octanol–water partition coefficient (Wildman–Crippen LogP) is 9.32. The van der Waals surface area contributed by atoms with Gasteiger partial charge in [0.05, 0.1) is 78.3 Å². The molecule has 4 heterocycles. The first-order chi connectivity index (χ1) is 41.2. The minimum absolute atomic E-state index is 0.107. The third-order valence-electron chi connectivity index (χ3n) is 16.3. The Hall–Kier alpha value is -2.32. The number of aromatic nitrogens is 6. The highest BCUT2D eigenvalue weighted by Gasteiger charge is 2.50. The van der Waals surface area contributed by atoms with Crippen molar-refractivity contribution >= 4 is 0 Å². The first kappa shape index (κ1) is 75.1. The Bertz CT molecular complexity index is 1730. The van der Waals surface area contributed by atoms with Crippen LogP contribution in [0.2, 0.25) is 0 Å². The highest BCUT2D eigenvalue weighted by molar-refractivity contribution is 4.96. The van der Waals surface area contributed by atoms with Crippen LogP contribution in [-0.2, 0) is 68.9 Å². The molecule has 0 spiro atoms. The number of aliphatic hydroxyl groups excluding tert-OH is 6. The fraction of sp³-hybridized carbons (Fsp3) is 0.938. The SMILES string of the molecule is CCCCCCCCCOCC(C)(COCCCCCCCCC)COCc1cn(CC2O[C@H](O[C@H]3OC(Cn4cc(COCC(C)(COCCCCCCCCC)COCCCCCCCCC)nn4)[C@@H](O)[C@H](O)C3O)C(O)C(O)[C@@H]2O)nn1. The second-order valence-corrected chi connectivity index (χ2v) is 25.3. The van der Waals surface area contributed by atoms with Crippen molar-refractivity contribution in [2.45, 2.75) is 309 Å². The number of rotatable bonds is 54. The molecule has 85 heavy (non-hydrogen) atoms. The van der Waals surface area contributed by atoms with Crippen LogP contribution in [0.15, 0.2) is 12.4 Å². The highest BCUT2D eigenvalue weighted by atomic mass is 16.8. The van der Waals surface area contributed by atoms with Crippen molar-refractivity contribution in [2.24, 2.45) is 10.8 Å². The van der Waals surface area contributed by atoms with Gasteiger partial charge in [-0.3, -0.25) is 0 Å². The quantitative estimate of drug-likeness (QED) is 0.0337. The summed E-state index contributed by atoms with van der Waals surface area (Å²) in [6.07, 6.45) is 21.4. The van der Waals surface area contributed by atoms with E-state index in [1.165, 1.54) is 138 Å². The van der Waals surface area contributed by atoms with Crippen molar-refractivity contribution in [2.75, 3.05) is 66.1 Å². The summed E-state index contributed by atoms with van der Waals surface area (Å²) in [5.74, 6) is 0. The molecule has 2 aromatic heterocycles. The summed E-state index contributed by atoms with van der Waals surface area (Å²) in [7, 11) is 0. The molecule has 0 radical (unpaired) electrons. The maximum atomic E-state index is 11.1. The Morgan fingerprint density at radius 2 is 0.647 bits per heavy atom. The standard InChI is InChI=1S/C64H120N6O15/c1-7-11-15-19-23-27-31-35-77-45-63(5,46-78-36-32-28-24-20-16-12-8-2)49-81-43-51-39-69(67-65-51)41-53-55(71)57(73)59(75)61(83-53)85-62-60(76)58(74)56(72)54(84-62)42-70-40-52(66-68-70)44-82-50-64(6,47-79-37-33-29-25-21-17-13-9-3)48-80-38-34-30-26-22-18-14-10-4/h39-40,53-62,71-76H,7-38,41-50H2,1-6H3/t53?,54?,55-,56-,57+,58?,59?,60?,61-,62-/m1/s1. The Labute approximate surface area is 511 Å². The molecule has 0 aromatic carbocycles. The molecule has 0 amide bonds. The molecule has 5 unspecified atom stereocenters. The van der Waals surface area contributed by atoms with Gasteiger partial charge in [-0.2, -0.15) is 0 Å². The number of aliphatic hydroxyl groups is 6. The topological polar surface area (TPSA) is 266 Å². The van der Waals surface area contributed by atoms with Gasteiger partial charge in [-0.15, -0.1) is 10.2 Å². The van der Waals surface area contributed by atoms with Gasteiger partial charge in [-0.25, -0.2) is 9.36 Å². The van der Waals surface area contributed by atoms with E-state index in [-0.39, 0.29) is 26.3 Å². The van der Waals surface area contributed by atoms with Crippen LogP contribution < -0.4 is 0 Å². The Balaban J connectivity index is 1.27. The lowest BCUT2D eigenvalue weighted by Gasteiger charge is -2.45. The van der Waals surface area contributed by atoms with Crippen LogP contribution in [0.1, 0.15) is 233 Å². The maximum Gasteiger partial charge on any atom is 0.189 e. The fourth-order valence-corrected chi connectivity index (χ4v) is 10.8. The van der Waals surface area contributed by atoms with Crippen LogP contribution in [0.4, 0.5) is 0 Å². The predicted molar refractivity (Wildman–Crippen MR) is 325 cm³/mol. The minimum Gasteiger partial charge on any atom is -0.388 e. The summed E-state index contributed by atoms with van der Waals surface area (Å²) in [5, 5.41) is 83.2. The zero-order valence-corrected chi connectivity index (χ0v) is 53.7. The number of unbranched alkanes of at least 4 members (excludes halogenated alkanes) is 24. The van der Waals surface area contributed by atoms with Crippen molar-refractivity contribution in [3.8, 4) is 0 Å². The molecule has 2 aliphatic rings. The van der Waals surface area contributed by atoms with Crippen LogP contribution in [0, 0.1) is 10.8 Å². The van der Waals surface area contributed by atoms with Gasteiger partial charge >= 0.3 is 0 Å². The lowest BCUT2D eigenvalue weighted by molar-refractivity contribution is -0.375. The molecule has 10 atom stereocenters. The van der Waals surface area contributed by atoms with Crippen molar-refractivity contribution in [3.05, 3.63) is 23.8 Å². The first-order valence-corrected chi connectivity index (χ1v) is 33.5. The normalized spacial score (nSPS) is 23.2. The molecule has 0 aliphatic carbocycles. The van der Waals surface area contributed by atoms with E-state index in [9.17, 15) is 30.6 Å². The third-order valence-corrected chi connectivity index (χ3v) is 16.3. The second-order valence-electron chi connectivity index (χ2n) is 25.3. The van der Waals surface area contributed by atoms with E-state index >= 15 is 0 Å². The Kier molecular flexibility index (Phi) is 39.8. The van der Waals surface area contributed by atoms with Crippen LogP contribution in [0.3, 0.4) is 0 Å². The van der Waals surface area contributed by atoms with E-state index in [1.807, 2.05) is 0 Å². The summed E-state index contributed by atoms with van der Waals surface area (Å²) >= 11 is 0. The van der Waals surface area contributed by atoms with Crippen LogP contribution >= 0.6 is 0 Å². The summed E-state index contributed by atoms with van der Waals surface area (Å²) < 4.78 is 58.0. The monoisotopic (exact) mass is 1210 g/mol. The average Bonchev–Trinajstić information content (AvgIpc) is 4.29. The molecule has 0 saturated carbocycles. The zero-order valence-electron chi connectivity index (χ0n) is 53.7. The van der Waals surface area contributed by atoms with E-state index in [0.29, 0.717) is 77.5 Å². The summed E-state index contributed by atoms with van der Waals surface area (Å²) in [4.78, 5) is 0. The molecule has 4 rings (SSSR count). The lowest BCUT2D eigenvalue weighted by Crippen LogP contribution is -2.63. The molecule has 21 nitrogen and oxygen atoms in total. The molecular weight excluding hydrogens is 1090 g/mol. The van der Waals surface area contributed by atoms with E-state index in [4.69, 9.17) is 42.6 Å². The van der Waals surface area contributed by atoms with Crippen molar-refractivity contribution in [1.29, 1.82) is 0 Å². The number of nitrogens with zero attached hydrogens (tertiary/aromatic N) is 6. The molecule has 2 fully saturated rings. The van der Waals surface area contributed by atoms with E-state index in [0.717, 1.165) is 51.4 Å². The second kappa shape index (κ2) is 45.0. The van der Waals surface area contributed by atoms with Crippen LogP contribution in [-0.4, -0.2) is 188 Å². The molecule has 21 heteroatoms. The maximum absolute atomic E-state index is 11.1. The van der Waals surface area contributed by atoms with E-state index in [1.54, 1.807) is 12.4 Å². The minimum atomic E-state index is -1.79. The zero-order chi connectivity index (χ0) is 61.4. The van der Waals surface area contributed by atoms with Crippen LogP contribution in [0.25, 0.3) is 0 Å². The smallest absolute Gasteiger partial charge is 0.189 e. The van der Waals surface area contributed by atoms with Gasteiger partial charge in [0.15, 0.2) is 12.6 Å². The molecule has 2 aromatic rings. The molecule has 0 bridgehead atoms.